The Labute approximate surface area is 148 Å². The molecule has 0 saturated carbocycles. The van der Waals surface area contributed by atoms with Gasteiger partial charge in [0.05, 0.1) is 10.5 Å². The van der Waals surface area contributed by atoms with Crippen LogP contribution in [-0.2, 0) is 6.18 Å². The van der Waals surface area contributed by atoms with Crippen LogP contribution in [0.25, 0.3) is 0 Å². The molecule has 138 valence electrons. The normalized spacial score (nSPS) is 15.2. The van der Waals surface area contributed by atoms with E-state index in [1.54, 1.807) is 13.0 Å². The summed E-state index contributed by atoms with van der Waals surface area (Å²) in [7, 11) is 0. The summed E-state index contributed by atoms with van der Waals surface area (Å²) in [6, 6.07) is 6.77. The molecule has 1 aromatic carbocycles. The van der Waals surface area contributed by atoms with Gasteiger partial charge in [0.2, 0.25) is 0 Å². The van der Waals surface area contributed by atoms with Crippen molar-refractivity contribution < 1.29 is 18.1 Å². The van der Waals surface area contributed by atoms with Gasteiger partial charge >= 0.3 is 6.18 Å². The molecule has 1 saturated heterocycles. The summed E-state index contributed by atoms with van der Waals surface area (Å²) in [5.41, 5.74) is 0.513. The van der Waals surface area contributed by atoms with Crippen molar-refractivity contribution in [3.63, 3.8) is 0 Å². The first-order valence-electron chi connectivity index (χ1n) is 8.04. The quantitative estimate of drug-likeness (QED) is 0.613. The van der Waals surface area contributed by atoms with Crippen molar-refractivity contribution in [3.8, 4) is 0 Å². The van der Waals surface area contributed by atoms with Crippen molar-refractivity contribution >= 4 is 17.2 Å². The Balaban J connectivity index is 1.71. The van der Waals surface area contributed by atoms with E-state index >= 15 is 0 Å². The highest BCUT2D eigenvalue weighted by atomic mass is 19.4. The maximum Gasteiger partial charge on any atom is 0.416 e. The van der Waals surface area contributed by atoms with E-state index in [4.69, 9.17) is 0 Å². The molecule has 0 bridgehead atoms. The van der Waals surface area contributed by atoms with Crippen LogP contribution in [0.5, 0.6) is 0 Å². The van der Waals surface area contributed by atoms with Crippen molar-refractivity contribution in [2.75, 3.05) is 36.0 Å². The standard InChI is InChI=1S/C17H17F3N4O2/c1-12-9-15(24(25)26)11-21-16(12)23-7-5-22(6-8-23)14-4-2-3-13(10-14)17(18,19)20/h2-4,9-11H,5-8H2,1H3. The Bertz CT molecular complexity index is 818. The first-order valence-corrected chi connectivity index (χ1v) is 8.04. The van der Waals surface area contributed by atoms with Gasteiger partial charge in [-0.1, -0.05) is 6.07 Å². The zero-order valence-corrected chi connectivity index (χ0v) is 14.0. The minimum atomic E-state index is -4.36. The lowest BCUT2D eigenvalue weighted by Crippen LogP contribution is -2.47. The summed E-state index contributed by atoms with van der Waals surface area (Å²) in [6.45, 7) is 3.98. The Morgan fingerprint density at radius 2 is 1.77 bits per heavy atom. The van der Waals surface area contributed by atoms with E-state index in [2.05, 4.69) is 4.98 Å². The summed E-state index contributed by atoms with van der Waals surface area (Å²) in [6.07, 6.45) is -3.14. The Hall–Kier alpha value is -2.84. The van der Waals surface area contributed by atoms with Crippen LogP contribution in [-0.4, -0.2) is 36.1 Å². The zero-order chi connectivity index (χ0) is 18.9. The number of hydrogen-bond donors (Lipinski definition) is 0. The zero-order valence-electron chi connectivity index (χ0n) is 14.0. The predicted octanol–water partition coefficient (Wildman–Crippen LogP) is 3.64. The van der Waals surface area contributed by atoms with E-state index in [9.17, 15) is 23.3 Å². The van der Waals surface area contributed by atoms with Crippen molar-refractivity contribution in [2.45, 2.75) is 13.1 Å². The highest BCUT2D eigenvalue weighted by Gasteiger charge is 2.31. The number of nitrogens with zero attached hydrogens (tertiary/aromatic N) is 4. The Kier molecular flexibility index (Phi) is 4.71. The van der Waals surface area contributed by atoms with Gasteiger partial charge in [0, 0.05) is 37.9 Å². The fraction of sp³-hybridized carbons (Fsp3) is 0.353. The second kappa shape index (κ2) is 6.81. The third-order valence-corrected chi connectivity index (χ3v) is 4.36. The highest BCUT2D eigenvalue weighted by molar-refractivity contribution is 5.54. The smallest absolute Gasteiger partial charge is 0.368 e. The van der Waals surface area contributed by atoms with Gasteiger partial charge in [-0.2, -0.15) is 13.2 Å². The van der Waals surface area contributed by atoms with Crippen molar-refractivity contribution in [3.05, 3.63) is 57.8 Å². The van der Waals surface area contributed by atoms with E-state index in [1.807, 2.05) is 9.80 Å². The van der Waals surface area contributed by atoms with Crippen LogP contribution in [0.1, 0.15) is 11.1 Å². The van der Waals surface area contributed by atoms with Crippen LogP contribution >= 0.6 is 0 Å². The second-order valence-corrected chi connectivity index (χ2v) is 6.11. The molecule has 0 N–H and O–H groups in total. The van der Waals surface area contributed by atoms with Gasteiger partial charge in [0.25, 0.3) is 5.69 Å². The average Bonchev–Trinajstić information content (AvgIpc) is 2.61. The number of rotatable bonds is 3. The predicted molar refractivity (Wildman–Crippen MR) is 91.5 cm³/mol. The van der Waals surface area contributed by atoms with Crippen LogP contribution in [0, 0.1) is 17.0 Å². The number of aromatic nitrogens is 1. The van der Waals surface area contributed by atoms with Crippen molar-refractivity contribution in [1.29, 1.82) is 0 Å². The topological polar surface area (TPSA) is 62.5 Å². The molecule has 26 heavy (non-hydrogen) atoms. The van der Waals surface area contributed by atoms with E-state index in [-0.39, 0.29) is 5.69 Å². The van der Waals surface area contributed by atoms with E-state index in [0.717, 1.165) is 12.1 Å². The lowest BCUT2D eigenvalue weighted by Gasteiger charge is -2.37. The van der Waals surface area contributed by atoms with E-state index in [0.29, 0.717) is 43.2 Å². The number of anilines is 2. The van der Waals surface area contributed by atoms with Gasteiger partial charge < -0.3 is 9.80 Å². The van der Waals surface area contributed by atoms with Crippen molar-refractivity contribution in [2.24, 2.45) is 0 Å². The van der Waals surface area contributed by atoms with Crippen molar-refractivity contribution in [1.82, 2.24) is 4.98 Å². The monoisotopic (exact) mass is 366 g/mol. The number of halogens is 3. The summed E-state index contributed by atoms with van der Waals surface area (Å²) < 4.78 is 38.6. The number of nitro groups is 1. The SMILES string of the molecule is Cc1cc([N+](=O)[O-])cnc1N1CCN(c2cccc(C(F)(F)F)c2)CC1. The largest absolute Gasteiger partial charge is 0.416 e. The Morgan fingerprint density at radius 1 is 1.12 bits per heavy atom. The molecule has 3 rings (SSSR count). The molecule has 0 aliphatic carbocycles. The number of alkyl halides is 3. The van der Waals surface area contributed by atoms with Gasteiger partial charge in [0.1, 0.15) is 12.0 Å². The molecular formula is C17H17F3N4O2. The number of hydrogen-bond acceptors (Lipinski definition) is 5. The summed E-state index contributed by atoms with van der Waals surface area (Å²) >= 11 is 0. The lowest BCUT2D eigenvalue weighted by atomic mass is 10.1. The molecule has 1 aliphatic rings. The minimum absolute atomic E-state index is 0.0612. The average molecular weight is 366 g/mol. The molecule has 2 heterocycles. The van der Waals surface area contributed by atoms with Gasteiger partial charge in [-0.05, 0) is 30.7 Å². The molecule has 9 heteroatoms. The molecule has 0 spiro atoms. The first kappa shape index (κ1) is 18.0. The molecule has 0 radical (unpaired) electrons. The number of aryl methyl sites for hydroxylation is 1. The molecule has 0 unspecified atom stereocenters. The molecule has 1 aromatic heterocycles. The number of pyridine rings is 1. The molecular weight excluding hydrogens is 349 g/mol. The van der Waals surface area contributed by atoms with Gasteiger partial charge in [-0.3, -0.25) is 10.1 Å². The summed E-state index contributed by atoms with van der Waals surface area (Å²) in [5.74, 6) is 0.666. The second-order valence-electron chi connectivity index (χ2n) is 6.11. The molecule has 1 fully saturated rings. The van der Waals surface area contributed by atoms with Crippen LogP contribution in [0.15, 0.2) is 36.5 Å². The summed E-state index contributed by atoms with van der Waals surface area (Å²) in [5, 5.41) is 10.8. The van der Waals surface area contributed by atoms with Gasteiger partial charge in [-0.15, -0.1) is 0 Å². The number of piperazine rings is 1. The van der Waals surface area contributed by atoms with E-state index < -0.39 is 16.7 Å². The van der Waals surface area contributed by atoms with Gasteiger partial charge in [0.15, 0.2) is 0 Å². The third kappa shape index (κ3) is 3.71. The molecule has 1 aliphatic heterocycles. The van der Waals surface area contributed by atoms with Crippen LogP contribution in [0.4, 0.5) is 30.4 Å². The van der Waals surface area contributed by atoms with Crippen LogP contribution in [0.2, 0.25) is 0 Å². The summed E-state index contributed by atoms with van der Waals surface area (Å²) in [4.78, 5) is 18.4. The van der Waals surface area contributed by atoms with E-state index in [1.165, 1.54) is 18.3 Å². The lowest BCUT2D eigenvalue weighted by molar-refractivity contribution is -0.385. The fourth-order valence-corrected chi connectivity index (χ4v) is 3.04. The minimum Gasteiger partial charge on any atom is -0.368 e. The molecule has 6 nitrogen and oxygen atoms in total. The number of benzene rings is 1. The molecule has 0 amide bonds. The maximum absolute atomic E-state index is 12.9. The third-order valence-electron chi connectivity index (χ3n) is 4.36. The van der Waals surface area contributed by atoms with Crippen LogP contribution < -0.4 is 9.80 Å². The van der Waals surface area contributed by atoms with Crippen LogP contribution in [0.3, 0.4) is 0 Å². The maximum atomic E-state index is 12.9. The first-order chi connectivity index (χ1) is 12.3. The Morgan fingerprint density at radius 3 is 2.35 bits per heavy atom. The molecule has 0 atom stereocenters. The van der Waals surface area contributed by atoms with Gasteiger partial charge in [-0.25, -0.2) is 4.98 Å². The molecule has 2 aromatic rings. The fourth-order valence-electron chi connectivity index (χ4n) is 3.04. The highest BCUT2D eigenvalue weighted by Crippen LogP contribution is 2.32.